The molecule has 0 bridgehead atoms. The van der Waals surface area contributed by atoms with Crippen LogP contribution in [-0.2, 0) is 16.4 Å². The van der Waals surface area contributed by atoms with Gasteiger partial charge in [-0.15, -0.1) is 11.3 Å². The third-order valence-electron chi connectivity index (χ3n) is 2.23. The molecule has 0 radical (unpaired) electrons. The predicted molar refractivity (Wildman–Crippen MR) is 76.6 cm³/mol. The first-order valence-corrected chi connectivity index (χ1v) is 8.27. The van der Waals surface area contributed by atoms with Gasteiger partial charge < -0.3 is 0 Å². The van der Waals surface area contributed by atoms with Gasteiger partial charge in [-0.2, -0.15) is 0 Å². The third-order valence-corrected chi connectivity index (χ3v) is 6.03. The van der Waals surface area contributed by atoms with Gasteiger partial charge in [-0.1, -0.05) is 30.1 Å². The van der Waals surface area contributed by atoms with E-state index < -0.39 is 10.0 Å². The first kappa shape index (κ1) is 14.5. The molecule has 0 fully saturated rings. The molecule has 0 unspecified atom stereocenters. The minimum atomic E-state index is -3.71. The molecular weight excluding hydrogens is 329 g/mol. The molecule has 0 amide bonds. The zero-order valence-corrected chi connectivity index (χ0v) is 12.9. The second-order valence-corrected chi connectivity index (χ2v) is 7.32. The van der Waals surface area contributed by atoms with Crippen molar-refractivity contribution < 1.29 is 8.42 Å². The highest BCUT2D eigenvalue weighted by Crippen LogP contribution is 2.29. The second-order valence-electron chi connectivity index (χ2n) is 3.51. The van der Waals surface area contributed by atoms with E-state index in [0.29, 0.717) is 0 Å². The maximum absolute atomic E-state index is 12.1. The summed E-state index contributed by atoms with van der Waals surface area (Å²) in [6.07, 6.45) is 1.91. The van der Waals surface area contributed by atoms with E-state index in [0.717, 1.165) is 17.6 Å². The van der Waals surface area contributed by atoms with Crippen LogP contribution in [0.1, 0.15) is 11.8 Å². The van der Waals surface area contributed by atoms with E-state index in [1.54, 1.807) is 12.1 Å². The molecule has 102 valence electrons. The summed E-state index contributed by atoms with van der Waals surface area (Å²) in [5.74, 6) is -0.0342. The lowest BCUT2D eigenvalue weighted by atomic mass is 10.4. The molecule has 2 heterocycles. The molecule has 0 saturated heterocycles. The fourth-order valence-corrected chi connectivity index (χ4v) is 3.94. The highest BCUT2D eigenvalue weighted by atomic mass is 35.5. The van der Waals surface area contributed by atoms with E-state index in [1.165, 1.54) is 11.3 Å². The summed E-state index contributed by atoms with van der Waals surface area (Å²) in [4.78, 5) is 8.39. The average molecular weight is 338 g/mol. The number of nitrogens with zero attached hydrogens (tertiary/aromatic N) is 2. The summed E-state index contributed by atoms with van der Waals surface area (Å²) >= 11 is 12.7. The van der Waals surface area contributed by atoms with Gasteiger partial charge in [0.1, 0.15) is 15.6 Å². The topological polar surface area (TPSA) is 72.0 Å². The van der Waals surface area contributed by atoms with Crippen LogP contribution in [-0.4, -0.2) is 18.4 Å². The Balaban J connectivity index is 2.33. The molecule has 1 N–H and O–H groups in total. The summed E-state index contributed by atoms with van der Waals surface area (Å²) in [7, 11) is -3.71. The number of aromatic nitrogens is 2. The van der Waals surface area contributed by atoms with Crippen LogP contribution in [0, 0.1) is 0 Å². The largest absolute Gasteiger partial charge is 0.272 e. The molecule has 2 aromatic heterocycles. The molecule has 2 rings (SSSR count). The van der Waals surface area contributed by atoms with Crippen LogP contribution in [0.5, 0.6) is 0 Å². The van der Waals surface area contributed by atoms with Crippen molar-refractivity contribution in [3.8, 4) is 0 Å². The lowest BCUT2D eigenvalue weighted by Gasteiger charge is -2.07. The van der Waals surface area contributed by atoms with Crippen LogP contribution in [0.15, 0.2) is 22.7 Å². The first-order chi connectivity index (χ1) is 8.94. The van der Waals surface area contributed by atoms with Crippen molar-refractivity contribution in [3.05, 3.63) is 33.5 Å². The smallest absolute Gasteiger partial charge is 0.261 e. The number of sulfonamides is 1. The molecule has 0 spiro atoms. The van der Waals surface area contributed by atoms with Crippen molar-refractivity contribution in [2.24, 2.45) is 0 Å². The quantitative estimate of drug-likeness (QED) is 0.869. The van der Waals surface area contributed by atoms with Crippen LogP contribution in [0.3, 0.4) is 0 Å². The Morgan fingerprint density at radius 3 is 2.68 bits per heavy atom. The zero-order chi connectivity index (χ0) is 14.0. The summed E-state index contributed by atoms with van der Waals surface area (Å²) in [6.45, 7) is 1.96. The highest BCUT2D eigenvalue weighted by molar-refractivity contribution is 7.94. The molecular formula is C10H9Cl2N3O2S2. The fraction of sp³-hybridized carbons (Fsp3) is 0.200. The minimum Gasteiger partial charge on any atom is -0.261 e. The highest BCUT2D eigenvalue weighted by Gasteiger charge is 2.19. The van der Waals surface area contributed by atoms with Crippen LogP contribution in [0.25, 0.3) is 0 Å². The number of hydrogen-bond acceptors (Lipinski definition) is 5. The van der Waals surface area contributed by atoms with E-state index in [2.05, 4.69) is 14.7 Å². The van der Waals surface area contributed by atoms with Gasteiger partial charge in [-0.25, -0.2) is 18.4 Å². The molecule has 0 aliphatic carbocycles. The number of anilines is 1. The van der Waals surface area contributed by atoms with Crippen molar-refractivity contribution in [1.82, 2.24) is 9.97 Å². The van der Waals surface area contributed by atoms with E-state index in [4.69, 9.17) is 23.2 Å². The molecule has 0 saturated carbocycles. The Hall–Kier alpha value is -0.890. The van der Waals surface area contributed by atoms with Crippen LogP contribution >= 0.6 is 34.5 Å². The van der Waals surface area contributed by atoms with Crippen molar-refractivity contribution in [1.29, 1.82) is 0 Å². The van der Waals surface area contributed by atoms with Gasteiger partial charge >= 0.3 is 0 Å². The van der Waals surface area contributed by atoms with Crippen LogP contribution in [0.4, 0.5) is 5.82 Å². The van der Waals surface area contributed by atoms with Gasteiger partial charge in [-0.05, 0) is 18.6 Å². The summed E-state index contributed by atoms with van der Waals surface area (Å²) in [5.41, 5.74) is 0. The van der Waals surface area contributed by atoms with E-state index >= 15 is 0 Å². The lowest BCUT2D eigenvalue weighted by molar-refractivity contribution is 0.603. The number of aryl methyl sites for hydroxylation is 1. The number of thiophene rings is 1. The molecule has 0 aromatic carbocycles. The van der Waals surface area contributed by atoms with Gasteiger partial charge in [-0.3, -0.25) is 4.72 Å². The van der Waals surface area contributed by atoms with Gasteiger partial charge in [0.15, 0.2) is 11.0 Å². The van der Waals surface area contributed by atoms with E-state index in [1.807, 2.05) is 6.92 Å². The Morgan fingerprint density at radius 1 is 1.32 bits per heavy atom. The molecule has 2 aromatic rings. The average Bonchev–Trinajstić information content (AvgIpc) is 2.84. The van der Waals surface area contributed by atoms with Crippen molar-refractivity contribution in [3.63, 3.8) is 0 Å². The monoisotopic (exact) mass is 337 g/mol. The second kappa shape index (κ2) is 5.62. The standard InChI is InChI=1S/C10H9Cl2N3O2S2/c1-2-6-3-4-7(18-6)19(16,17)15-10-8(11)9(12)13-5-14-10/h3-5H,2H2,1H3,(H,13,14,15). The number of halogens is 2. The fourth-order valence-electron chi connectivity index (χ4n) is 1.29. The molecule has 0 aliphatic rings. The Kier molecular flexibility index (Phi) is 4.29. The predicted octanol–water partition coefficient (Wildman–Crippen LogP) is 3.21. The van der Waals surface area contributed by atoms with Gasteiger partial charge in [0.25, 0.3) is 10.0 Å². The normalized spacial score (nSPS) is 11.5. The maximum Gasteiger partial charge on any atom is 0.272 e. The number of hydrogen-bond donors (Lipinski definition) is 1. The summed E-state index contributed by atoms with van der Waals surface area (Å²) in [6, 6.07) is 3.32. The maximum atomic E-state index is 12.1. The molecule has 0 aliphatic heterocycles. The number of rotatable bonds is 4. The molecule has 9 heteroatoms. The van der Waals surface area contributed by atoms with Crippen molar-refractivity contribution in [2.45, 2.75) is 17.6 Å². The summed E-state index contributed by atoms with van der Waals surface area (Å²) in [5, 5.41) is -0.0326. The van der Waals surface area contributed by atoms with Crippen molar-refractivity contribution >= 4 is 50.4 Å². The SMILES string of the molecule is CCc1ccc(S(=O)(=O)Nc2ncnc(Cl)c2Cl)s1. The summed E-state index contributed by atoms with van der Waals surface area (Å²) < 4.78 is 26.8. The first-order valence-electron chi connectivity index (χ1n) is 5.21. The van der Waals surface area contributed by atoms with Gasteiger partial charge in [0.05, 0.1) is 0 Å². The Bertz CT molecular complexity index is 701. The van der Waals surface area contributed by atoms with Gasteiger partial charge in [0.2, 0.25) is 0 Å². The van der Waals surface area contributed by atoms with Crippen LogP contribution in [0.2, 0.25) is 10.2 Å². The third kappa shape index (κ3) is 3.17. The zero-order valence-electron chi connectivity index (χ0n) is 9.72. The van der Waals surface area contributed by atoms with Gasteiger partial charge in [0, 0.05) is 4.88 Å². The minimum absolute atomic E-state index is 0.00482. The molecule has 19 heavy (non-hydrogen) atoms. The Labute approximate surface area is 124 Å². The number of nitrogens with one attached hydrogen (secondary N) is 1. The molecule has 5 nitrogen and oxygen atoms in total. The van der Waals surface area contributed by atoms with Crippen molar-refractivity contribution in [2.75, 3.05) is 4.72 Å². The molecule has 0 atom stereocenters. The Morgan fingerprint density at radius 2 is 2.05 bits per heavy atom. The lowest BCUT2D eigenvalue weighted by Crippen LogP contribution is -2.13. The van der Waals surface area contributed by atoms with E-state index in [-0.39, 0.29) is 20.2 Å². The van der Waals surface area contributed by atoms with E-state index in [9.17, 15) is 8.42 Å². The van der Waals surface area contributed by atoms with Crippen LogP contribution < -0.4 is 4.72 Å².